The smallest absolute Gasteiger partial charge is 0.316 e. The average molecular weight is 569 g/mol. The van der Waals surface area contributed by atoms with Crippen LogP contribution in [0.15, 0.2) is 0 Å². The van der Waals surface area contributed by atoms with Crippen LogP contribution in [0.4, 0.5) is 0 Å². The molecule has 0 rings (SSSR count). The molecule has 6 nitrogen and oxygen atoms in total. The average Bonchev–Trinajstić information content (AvgIpc) is 2.72. The lowest BCUT2D eigenvalue weighted by molar-refractivity contribution is -0.168. The van der Waals surface area contributed by atoms with Gasteiger partial charge >= 0.3 is 11.9 Å². The number of carbonyl (C=O) groups excluding carboxylic acids is 2. The Labute approximate surface area is 231 Å². The van der Waals surface area contributed by atoms with E-state index >= 15 is 0 Å². The summed E-state index contributed by atoms with van der Waals surface area (Å²) in [5.41, 5.74) is -4.13. The van der Waals surface area contributed by atoms with Crippen molar-refractivity contribution in [3.63, 3.8) is 0 Å². The van der Waals surface area contributed by atoms with Gasteiger partial charge < -0.3 is 14.6 Å². The molecule has 0 bridgehead atoms. The summed E-state index contributed by atoms with van der Waals surface area (Å²) in [7, 11) is 0. The van der Waals surface area contributed by atoms with Gasteiger partial charge in [0.05, 0.1) is 17.8 Å². The number of Topliss-reactive ketones (excluding diaryl/α,β-unsaturated/α-hetero) is 1. The molecule has 0 heterocycles. The SMILES string of the molecule is CCC(C)(SC(=S)SC)C(C(=O)C(C)(C)OCCC(C)(C)OC(=O)CS)C(C)(C)C(C)(C)C(=O)O. The van der Waals surface area contributed by atoms with Crippen LogP contribution in [0, 0.1) is 16.7 Å². The van der Waals surface area contributed by atoms with E-state index in [4.69, 9.17) is 21.7 Å². The summed E-state index contributed by atoms with van der Waals surface area (Å²) < 4.78 is 11.5. The minimum absolute atomic E-state index is 0.0183. The first-order valence-electron chi connectivity index (χ1n) is 11.7. The van der Waals surface area contributed by atoms with Crippen LogP contribution in [0.5, 0.6) is 0 Å². The van der Waals surface area contributed by atoms with Crippen LogP contribution in [0.3, 0.4) is 0 Å². The third-order valence-electron chi connectivity index (χ3n) is 7.20. The molecule has 0 aromatic heterocycles. The zero-order valence-electron chi connectivity index (χ0n) is 23.1. The summed E-state index contributed by atoms with van der Waals surface area (Å²) in [5.74, 6) is -2.28. The molecule has 10 heteroatoms. The Bertz CT molecular complexity index is 791. The summed E-state index contributed by atoms with van der Waals surface area (Å²) in [6.45, 7) is 18.2. The van der Waals surface area contributed by atoms with Gasteiger partial charge in [-0.15, -0.1) is 23.5 Å². The topological polar surface area (TPSA) is 89.9 Å². The summed E-state index contributed by atoms with van der Waals surface area (Å²) in [6, 6.07) is 0. The predicted molar refractivity (Wildman–Crippen MR) is 155 cm³/mol. The number of thiocarbonyl (C=S) groups is 1. The first-order chi connectivity index (χ1) is 15.6. The molecule has 1 N–H and O–H groups in total. The number of ketones is 1. The van der Waals surface area contributed by atoms with Gasteiger partial charge in [-0.2, -0.15) is 12.6 Å². The van der Waals surface area contributed by atoms with Crippen molar-refractivity contribution in [1.29, 1.82) is 0 Å². The lowest BCUT2D eigenvalue weighted by atomic mass is 9.55. The molecule has 204 valence electrons. The lowest BCUT2D eigenvalue weighted by Gasteiger charge is -2.52. The Hall–Kier alpha value is -0.290. The number of ether oxygens (including phenoxy) is 2. The highest BCUT2D eigenvalue weighted by molar-refractivity contribution is 8.47. The molecule has 0 aliphatic heterocycles. The van der Waals surface area contributed by atoms with Crippen molar-refractivity contribution in [3.8, 4) is 0 Å². The minimum Gasteiger partial charge on any atom is -0.481 e. The molecular formula is C25H44O6S4. The molecule has 0 aromatic rings. The van der Waals surface area contributed by atoms with Crippen molar-refractivity contribution in [2.24, 2.45) is 16.7 Å². The number of thioether (sulfide) groups is 2. The number of carboxylic acids is 1. The van der Waals surface area contributed by atoms with Gasteiger partial charge in [-0.1, -0.05) is 33.0 Å². The number of carbonyl (C=O) groups is 3. The quantitative estimate of drug-likeness (QED) is 0.142. The molecule has 0 spiro atoms. The van der Waals surface area contributed by atoms with E-state index in [2.05, 4.69) is 12.6 Å². The maximum atomic E-state index is 14.3. The number of carboxylic acid groups (broad SMARTS) is 1. The zero-order chi connectivity index (χ0) is 28.0. The van der Waals surface area contributed by atoms with Crippen LogP contribution in [-0.2, 0) is 23.9 Å². The van der Waals surface area contributed by atoms with Gasteiger partial charge in [-0.25, -0.2) is 0 Å². The molecule has 0 fully saturated rings. The van der Waals surface area contributed by atoms with E-state index < -0.39 is 44.6 Å². The van der Waals surface area contributed by atoms with Crippen molar-refractivity contribution in [2.75, 3.05) is 18.6 Å². The standard InChI is InChI=1S/C25H44O6S4/c1-12-25(10,35-20(33)34-11)17(22(4,5)23(6,7)19(28)29)18(27)24(8,9)30-14-13-21(2,3)31-16(26)15-32/h17,32H,12-15H2,1-11H3,(H,28,29). The number of hydrogen-bond donors (Lipinski definition) is 2. The van der Waals surface area contributed by atoms with E-state index in [0.29, 0.717) is 16.4 Å². The molecule has 35 heavy (non-hydrogen) atoms. The first-order valence-corrected chi connectivity index (χ1v) is 14.7. The van der Waals surface area contributed by atoms with Crippen molar-refractivity contribution < 1.29 is 29.0 Å². The molecule has 0 aromatic carbocycles. The molecule has 0 radical (unpaired) electrons. The molecule has 0 saturated heterocycles. The minimum atomic E-state index is -1.21. The molecule has 0 aliphatic rings. The lowest BCUT2D eigenvalue weighted by Crippen LogP contribution is -2.58. The molecular weight excluding hydrogens is 525 g/mol. The molecule has 2 atom stereocenters. The first kappa shape index (κ1) is 34.7. The Morgan fingerprint density at radius 1 is 1.03 bits per heavy atom. The fourth-order valence-corrected chi connectivity index (χ4v) is 6.52. The van der Waals surface area contributed by atoms with E-state index in [9.17, 15) is 19.5 Å². The van der Waals surface area contributed by atoms with Gasteiger partial charge in [0, 0.05) is 17.1 Å². The number of hydrogen-bond acceptors (Lipinski definition) is 9. The number of aliphatic carboxylic acids is 1. The summed E-state index contributed by atoms with van der Waals surface area (Å²) >= 11 is 12.3. The van der Waals surface area contributed by atoms with Crippen LogP contribution < -0.4 is 0 Å². The second-order valence-corrected chi connectivity index (χ2v) is 15.0. The number of rotatable bonds is 14. The summed E-state index contributed by atoms with van der Waals surface area (Å²) in [5, 5.41) is 10.1. The van der Waals surface area contributed by atoms with Gasteiger partial charge in [0.25, 0.3) is 0 Å². The van der Waals surface area contributed by atoms with Crippen molar-refractivity contribution in [3.05, 3.63) is 0 Å². The molecule has 0 aliphatic carbocycles. The zero-order valence-corrected chi connectivity index (χ0v) is 26.4. The van der Waals surface area contributed by atoms with Gasteiger partial charge in [0.1, 0.15) is 14.7 Å². The molecule has 0 saturated carbocycles. The summed E-state index contributed by atoms with van der Waals surface area (Å²) in [4.78, 5) is 38.2. The third kappa shape index (κ3) is 8.90. The Morgan fingerprint density at radius 2 is 1.54 bits per heavy atom. The van der Waals surface area contributed by atoms with E-state index in [1.165, 1.54) is 23.5 Å². The van der Waals surface area contributed by atoms with Crippen LogP contribution in [0.2, 0.25) is 0 Å². The third-order valence-corrected chi connectivity index (χ3v) is 10.5. The van der Waals surface area contributed by atoms with Gasteiger partial charge in [0.15, 0.2) is 5.78 Å². The van der Waals surface area contributed by atoms with Crippen LogP contribution in [-0.4, -0.2) is 60.9 Å². The maximum absolute atomic E-state index is 14.3. The second kappa shape index (κ2) is 13.0. The van der Waals surface area contributed by atoms with Crippen molar-refractivity contribution in [1.82, 2.24) is 0 Å². The molecule has 2 unspecified atom stereocenters. The normalized spacial score (nSPS) is 15.8. The van der Waals surface area contributed by atoms with Gasteiger partial charge in [0.2, 0.25) is 0 Å². The predicted octanol–water partition coefficient (Wildman–Crippen LogP) is 6.30. The monoisotopic (exact) mass is 568 g/mol. The highest BCUT2D eigenvalue weighted by atomic mass is 32.2. The fourth-order valence-electron chi connectivity index (χ4n) is 3.93. The van der Waals surface area contributed by atoms with E-state index in [0.717, 1.165) is 0 Å². The molecule has 0 amide bonds. The van der Waals surface area contributed by atoms with Crippen LogP contribution in [0.1, 0.15) is 82.1 Å². The van der Waals surface area contributed by atoms with E-state index in [1.54, 1.807) is 41.5 Å². The van der Waals surface area contributed by atoms with Crippen LogP contribution >= 0.6 is 48.4 Å². The fraction of sp³-hybridized carbons (Fsp3) is 0.840. The second-order valence-electron chi connectivity index (χ2n) is 11.2. The van der Waals surface area contributed by atoms with E-state index in [-0.39, 0.29) is 18.1 Å². The largest absolute Gasteiger partial charge is 0.481 e. The maximum Gasteiger partial charge on any atom is 0.316 e. The van der Waals surface area contributed by atoms with Gasteiger partial charge in [-0.05, 0) is 66.6 Å². The number of esters is 1. The Balaban J connectivity index is 6.28. The highest BCUT2D eigenvalue weighted by Gasteiger charge is 2.59. The highest BCUT2D eigenvalue weighted by Crippen LogP contribution is 2.55. The van der Waals surface area contributed by atoms with E-state index in [1.807, 2.05) is 34.0 Å². The Kier molecular flexibility index (Phi) is 12.9. The van der Waals surface area contributed by atoms with Gasteiger partial charge in [-0.3, -0.25) is 14.4 Å². The Morgan fingerprint density at radius 3 is 1.94 bits per heavy atom. The van der Waals surface area contributed by atoms with Crippen molar-refractivity contribution >= 4 is 69.6 Å². The van der Waals surface area contributed by atoms with Crippen LogP contribution in [0.25, 0.3) is 0 Å². The van der Waals surface area contributed by atoms with Crippen molar-refractivity contribution in [2.45, 2.75) is 98.0 Å². The number of thiol groups is 1. The summed E-state index contributed by atoms with van der Waals surface area (Å²) in [6.07, 6.45) is 2.88.